The third kappa shape index (κ3) is 3.86. The molecule has 0 spiro atoms. The number of hydrogen-bond donors (Lipinski definition) is 0. The summed E-state index contributed by atoms with van der Waals surface area (Å²) in [6, 6.07) is 25.4. The molecule has 0 bridgehead atoms. The van der Waals surface area contributed by atoms with Gasteiger partial charge < -0.3 is 4.84 Å². The second-order valence-corrected chi connectivity index (χ2v) is 7.14. The highest BCUT2D eigenvalue weighted by Crippen LogP contribution is 2.31. The minimum Gasteiger partial charge on any atom is -0.384 e. The Hall–Kier alpha value is -3.09. The van der Waals surface area contributed by atoms with Crippen LogP contribution in [0.2, 0.25) is 0 Å². The molecule has 0 fully saturated rings. The fraction of sp³-hybridized carbons (Fsp3) is 0.200. The molecule has 2 nitrogen and oxygen atoms in total. The molecule has 1 heterocycles. The van der Waals surface area contributed by atoms with Gasteiger partial charge in [-0.15, -0.1) is 5.73 Å². The fourth-order valence-corrected chi connectivity index (χ4v) is 3.84. The summed E-state index contributed by atoms with van der Waals surface area (Å²) in [4.78, 5) is 5.90. The quantitative estimate of drug-likeness (QED) is 0.508. The smallest absolute Gasteiger partial charge is 0.172 e. The number of rotatable bonds is 6. The van der Waals surface area contributed by atoms with Crippen molar-refractivity contribution >= 4 is 16.5 Å². The fourth-order valence-electron chi connectivity index (χ4n) is 3.84. The summed E-state index contributed by atoms with van der Waals surface area (Å²) < 4.78 is 0. The first-order chi connectivity index (χ1) is 13.3. The highest BCUT2D eigenvalue weighted by atomic mass is 16.7. The van der Waals surface area contributed by atoms with Crippen molar-refractivity contribution in [1.29, 1.82) is 0 Å². The van der Waals surface area contributed by atoms with Crippen LogP contribution in [0.4, 0.5) is 0 Å². The van der Waals surface area contributed by atoms with Crippen LogP contribution in [-0.4, -0.2) is 11.3 Å². The maximum absolute atomic E-state index is 5.90. The van der Waals surface area contributed by atoms with E-state index in [1.165, 1.54) is 21.9 Å². The molecule has 0 aliphatic carbocycles. The monoisotopic (exact) mass is 353 g/mol. The summed E-state index contributed by atoms with van der Waals surface area (Å²) in [5.74, 6) is 0. The van der Waals surface area contributed by atoms with Gasteiger partial charge in [0.1, 0.15) is 0 Å². The first-order valence-corrected chi connectivity index (χ1v) is 9.39. The van der Waals surface area contributed by atoms with E-state index in [-0.39, 0.29) is 0 Å². The zero-order valence-electron chi connectivity index (χ0n) is 15.4. The van der Waals surface area contributed by atoms with E-state index in [1.54, 1.807) is 0 Å². The van der Waals surface area contributed by atoms with Crippen molar-refractivity contribution in [2.75, 3.05) is 0 Å². The maximum atomic E-state index is 5.90. The van der Waals surface area contributed by atoms with E-state index in [4.69, 9.17) is 4.84 Å². The van der Waals surface area contributed by atoms with Gasteiger partial charge in [-0.2, -0.15) is 0 Å². The predicted molar refractivity (Wildman–Crippen MR) is 112 cm³/mol. The molecular formula is C25H23NO. The molecule has 1 atom stereocenters. The highest BCUT2D eigenvalue weighted by molar-refractivity contribution is 5.89. The largest absolute Gasteiger partial charge is 0.384 e. The van der Waals surface area contributed by atoms with Gasteiger partial charge in [0.05, 0.1) is 5.71 Å². The summed E-state index contributed by atoms with van der Waals surface area (Å²) in [6.07, 6.45) is 5.35. The van der Waals surface area contributed by atoms with Crippen LogP contribution in [0.5, 0.6) is 0 Å². The molecule has 0 N–H and O–H groups in total. The Morgan fingerprint density at radius 2 is 1.74 bits per heavy atom. The van der Waals surface area contributed by atoms with Gasteiger partial charge in [-0.25, -0.2) is 0 Å². The molecule has 0 radical (unpaired) electrons. The third-order valence-electron chi connectivity index (χ3n) is 5.13. The van der Waals surface area contributed by atoms with Gasteiger partial charge in [-0.05, 0) is 34.7 Å². The van der Waals surface area contributed by atoms with E-state index in [0.717, 1.165) is 31.4 Å². The van der Waals surface area contributed by atoms with Crippen molar-refractivity contribution in [3.63, 3.8) is 0 Å². The minimum absolute atomic E-state index is 0.461. The van der Waals surface area contributed by atoms with E-state index in [1.807, 2.05) is 12.1 Å². The topological polar surface area (TPSA) is 21.6 Å². The number of benzene rings is 3. The molecule has 1 aliphatic rings. The van der Waals surface area contributed by atoms with Crippen LogP contribution < -0.4 is 0 Å². The molecule has 0 aromatic heterocycles. The van der Waals surface area contributed by atoms with Gasteiger partial charge in [0.15, 0.2) is 5.60 Å². The Morgan fingerprint density at radius 1 is 0.963 bits per heavy atom. The van der Waals surface area contributed by atoms with Crippen LogP contribution >= 0.6 is 0 Å². The van der Waals surface area contributed by atoms with E-state index >= 15 is 0 Å². The predicted octanol–water partition coefficient (Wildman–Crippen LogP) is 5.87. The Bertz CT molecular complexity index is 1010. The van der Waals surface area contributed by atoms with Gasteiger partial charge in [-0.1, -0.05) is 84.5 Å². The minimum atomic E-state index is -0.461. The summed E-state index contributed by atoms with van der Waals surface area (Å²) >= 11 is 0. The number of fused-ring (bicyclic) bond motifs is 1. The van der Waals surface area contributed by atoms with Crippen LogP contribution in [0.25, 0.3) is 10.8 Å². The molecule has 1 aliphatic heterocycles. The normalized spacial score (nSPS) is 18.6. The average molecular weight is 353 g/mol. The molecule has 3 aromatic rings. The lowest BCUT2D eigenvalue weighted by Gasteiger charge is -2.22. The molecular weight excluding hydrogens is 330 g/mol. The van der Waals surface area contributed by atoms with Gasteiger partial charge in [-0.3, -0.25) is 0 Å². The lowest BCUT2D eigenvalue weighted by atomic mass is 9.88. The molecule has 2 heteroatoms. The number of nitrogens with zero attached hydrogens (tertiary/aromatic N) is 1. The van der Waals surface area contributed by atoms with E-state index in [0.29, 0.717) is 0 Å². The van der Waals surface area contributed by atoms with Crippen LogP contribution in [0, 0.1) is 0 Å². The molecule has 0 amide bonds. The van der Waals surface area contributed by atoms with Crippen LogP contribution in [0.1, 0.15) is 24.0 Å². The maximum Gasteiger partial charge on any atom is 0.172 e. The second kappa shape index (κ2) is 7.65. The molecule has 27 heavy (non-hydrogen) atoms. The highest BCUT2D eigenvalue weighted by Gasteiger charge is 2.36. The molecule has 0 saturated carbocycles. The van der Waals surface area contributed by atoms with Crippen molar-refractivity contribution in [1.82, 2.24) is 0 Å². The second-order valence-electron chi connectivity index (χ2n) is 7.14. The Kier molecular flexibility index (Phi) is 4.91. The van der Waals surface area contributed by atoms with Crippen molar-refractivity contribution in [2.45, 2.75) is 31.3 Å². The Balaban J connectivity index is 1.47. The molecule has 0 saturated heterocycles. The number of hydrogen-bond acceptors (Lipinski definition) is 2. The summed E-state index contributed by atoms with van der Waals surface area (Å²) in [7, 11) is 0. The summed E-state index contributed by atoms with van der Waals surface area (Å²) in [5.41, 5.74) is 6.15. The van der Waals surface area contributed by atoms with E-state index < -0.39 is 5.60 Å². The van der Waals surface area contributed by atoms with Crippen molar-refractivity contribution in [3.8, 4) is 0 Å². The van der Waals surface area contributed by atoms with Crippen LogP contribution in [0.3, 0.4) is 0 Å². The van der Waals surface area contributed by atoms with Crippen LogP contribution in [0.15, 0.2) is 96.3 Å². The lowest BCUT2D eigenvalue weighted by Crippen LogP contribution is -2.29. The van der Waals surface area contributed by atoms with E-state index in [2.05, 4.69) is 84.2 Å². The summed E-state index contributed by atoms with van der Waals surface area (Å²) in [6.45, 7) is 3.75. The van der Waals surface area contributed by atoms with E-state index in [9.17, 15) is 0 Å². The summed E-state index contributed by atoms with van der Waals surface area (Å²) in [5, 5.41) is 7.02. The first kappa shape index (κ1) is 17.3. The first-order valence-electron chi connectivity index (χ1n) is 9.39. The molecule has 4 rings (SSSR count). The standard InChI is InChI=1S/C25H23NO/c1-2-17-25(18-20-9-4-3-5-10-20)19-23(26-27-25)16-15-22-13-8-12-21-11-6-7-14-24(21)22/h3-14,17H,1,15-16,18-19H2. The van der Waals surface area contributed by atoms with Gasteiger partial charge >= 0.3 is 0 Å². The number of oxime groups is 1. The zero-order valence-corrected chi connectivity index (χ0v) is 15.4. The van der Waals surface area contributed by atoms with Gasteiger partial charge in [0.2, 0.25) is 0 Å². The molecule has 3 aromatic carbocycles. The van der Waals surface area contributed by atoms with Crippen LogP contribution in [-0.2, 0) is 17.7 Å². The molecule has 134 valence electrons. The van der Waals surface area contributed by atoms with Gasteiger partial charge in [0, 0.05) is 18.9 Å². The third-order valence-corrected chi connectivity index (χ3v) is 5.13. The van der Waals surface area contributed by atoms with Crippen molar-refractivity contribution < 1.29 is 4.84 Å². The Labute approximate surface area is 160 Å². The van der Waals surface area contributed by atoms with Gasteiger partial charge in [0.25, 0.3) is 0 Å². The van der Waals surface area contributed by atoms with Crippen molar-refractivity contribution in [3.05, 3.63) is 102 Å². The zero-order chi connectivity index (χ0) is 18.5. The van der Waals surface area contributed by atoms with Crippen molar-refractivity contribution in [2.24, 2.45) is 5.16 Å². The Morgan fingerprint density at radius 3 is 2.59 bits per heavy atom. The molecule has 1 unspecified atom stereocenters. The lowest BCUT2D eigenvalue weighted by molar-refractivity contribution is 0.0215. The average Bonchev–Trinajstić information content (AvgIpc) is 3.10. The number of aryl methyl sites for hydroxylation is 1. The SMILES string of the molecule is C=C=CC1(Cc2ccccc2)CC(CCc2cccc3ccccc23)=NO1.